The molecule has 2 amide bonds. The van der Waals surface area contributed by atoms with Gasteiger partial charge in [-0.1, -0.05) is 24.3 Å². The molecule has 0 saturated carbocycles. The number of hydrogen-bond acceptors (Lipinski definition) is 4. The molecule has 1 atom stereocenters. The molecule has 2 aromatic carbocycles. The highest BCUT2D eigenvalue weighted by Crippen LogP contribution is 2.36. The number of carbonyl (C=O) groups is 2. The maximum atomic E-state index is 12.7. The molecule has 3 N–H and O–H groups in total. The first-order valence-corrected chi connectivity index (χ1v) is 10.4. The van der Waals surface area contributed by atoms with Gasteiger partial charge in [-0.15, -0.1) is 0 Å². The smallest absolute Gasteiger partial charge is 0.399 e. The second-order valence-corrected chi connectivity index (χ2v) is 9.04. The van der Waals surface area contributed by atoms with Gasteiger partial charge >= 0.3 is 13.3 Å². The second-order valence-electron chi connectivity index (χ2n) is 9.04. The lowest BCUT2D eigenvalue weighted by Crippen LogP contribution is -2.46. The molecule has 1 heterocycles. The van der Waals surface area contributed by atoms with E-state index in [1.165, 1.54) is 0 Å². The summed E-state index contributed by atoms with van der Waals surface area (Å²) in [4.78, 5) is 24.3. The van der Waals surface area contributed by atoms with Gasteiger partial charge in [0.25, 0.3) is 5.91 Å². The van der Waals surface area contributed by atoms with Crippen LogP contribution < -0.4 is 16.5 Å². The molecule has 2 aromatic rings. The van der Waals surface area contributed by atoms with Gasteiger partial charge in [0.2, 0.25) is 5.91 Å². The number of rotatable bonds is 6. The molecule has 1 fully saturated rings. The van der Waals surface area contributed by atoms with Crippen molar-refractivity contribution in [1.82, 2.24) is 5.32 Å². The molecule has 0 spiro atoms. The summed E-state index contributed by atoms with van der Waals surface area (Å²) in [5, 5.41) is 2.49. The summed E-state index contributed by atoms with van der Waals surface area (Å²) in [5.74, 6) is -1.45. The van der Waals surface area contributed by atoms with E-state index < -0.39 is 47.9 Å². The van der Waals surface area contributed by atoms with Gasteiger partial charge in [0.05, 0.1) is 16.8 Å². The highest BCUT2D eigenvalue weighted by molar-refractivity contribution is 6.62. The van der Waals surface area contributed by atoms with Gasteiger partial charge in [-0.05, 0) is 63.0 Å². The molecule has 1 aliphatic heterocycles. The molecule has 6 nitrogen and oxygen atoms in total. The topological polar surface area (TPSA) is 90.6 Å². The Labute approximate surface area is 190 Å². The zero-order valence-electron chi connectivity index (χ0n) is 18.8. The molecule has 10 heteroatoms. The second kappa shape index (κ2) is 8.83. The summed E-state index contributed by atoms with van der Waals surface area (Å²) in [6.45, 7) is 7.83. The summed E-state index contributed by atoms with van der Waals surface area (Å²) in [7, 11) is -0.532. The number of hydrogen-bond donors (Lipinski definition) is 2. The van der Waals surface area contributed by atoms with Gasteiger partial charge in [0.1, 0.15) is 6.04 Å². The van der Waals surface area contributed by atoms with E-state index >= 15 is 0 Å². The van der Waals surface area contributed by atoms with Crippen LogP contribution in [0.15, 0.2) is 48.5 Å². The number of nitrogens with one attached hydrogen (secondary N) is 1. The van der Waals surface area contributed by atoms with Crippen LogP contribution in [0.2, 0.25) is 0 Å². The third-order valence-corrected chi connectivity index (χ3v) is 6.07. The summed E-state index contributed by atoms with van der Waals surface area (Å²) in [6, 6.07) is 9.86. The molecule has 0 bridgehead atoms. The zero-order chi connectivity index (χ0) is 24.6. The van der Waals surface area contributed by atoms with E-state index in [0.29, 0.717) is 0 Å². The highest BCUT2D eigenvalue weighted by Gasteiger charge is 2.51. The first kappa shape index (κ1) is 24.8. The van der Waals surface area contributed by atoms with Gasteiger partial charge < -0.3 is 20.4 Å². The summed E-state index contributed by atoms with van der Waals surface area (Å²) >= 11 is 0. The highest BCUT2D eigenvalue weighted by atomic mass is 19.4. The van der Waals surface area contributed by atoms with Gasteiger partial charge in [-0.2, -0.15) is 13.2 Å². The van der Waals surface area contributed by atoms with Crippen molar-refractivity contribution in [2.24, 2.45) is 5.73 Å². The van der Waals surface area contributed by atoms with Crippen LogP contribution in [-0.4, -0.2) is 36.2 Å². The van der Waals surface area contributed by atoms with E-state index in [0.717, 1.165) is 35.3 Å². The normalized spacial score (nSPS) is 18.1. The third kappa shape index (κ3) is 5.56. The molecule has 0 aliphatic carbocycles. The number of nitrogens with two attached hydrogens (primary N) is 1. The molecule has 0 radical (unpaired) electrons. The van der Waals surface area contributed by atoms with Crippen LogP contribution >= 0.6 is 0 Å². The summed E-state index contributed by atoms with van der Waals surface area (Å²) in [6.07, 6.45) is -4.39. The van der Waals surface area contributed by atoms with Crippen molar-refractivity contribution < 1.29 is 32.1 Å². The van der Waals surface area contributed by atoms with Crippen molar-refractivity contribution in [3.8, 4) is 0 Å². The lowest BCUT2D eigenvalue weighted by Gasteiger charge is -2.32. The molecule has 0 unspecified atom stereocenters. The van der Waals surface area contributed by atoms with Crippen molar-refractivity contribution in [2.45, 2.75) is 57.5 Å². The molecule has 1 saturated heterocycles. The number of amides is 2. The molecular weight excluding hydrogens is 436 g/mol. The van der Waals surface area contributed by atoms with Crippen LogP contribution in [0, 0.1) is 0 Å². The van der Waals surface area contributed by atoms with Gasteiger partial charge in [-0.25, -0.2) is 0 Å². The molecule has 176 valence electrons. The monoisotopic (exact) mass is 462 g/mol. The maximum absolute atomic E-state index is 12.7. The molecular formula is C23H26BF3N2O4. The molecule has 1 aliphatic rings. The fourth-order valence-electron chi connectivity index (χ4n) is 3.30. The Balaban J connectivity index is 1.67. The number of primary amides is 1. The van der Waals surface area contributed by atoms with E-state index in [2.05, 4.69) is 5.32 Å². The van der Waals surface area contributed by atoms with E-state index in [9.17, 15) is 22.8 Å². The van der Waals surface area contributed by atoms with Crippen molar-refractivity contribution >= 4 is 24.4 Å². The first-order valence-electron chi connectivity index (χ1n) is 10.4. The molecule has 3 rings (SSSR count). The predicted octanol–water partition coefficient (Wildman–Crippen LogP) is 2.83. The van der Waals surface area contributed by atoms with Crippen LogP contribution in [-0.2, 0) is 26.7 Å². The summed E-state index contributed by atoms with van der Waals surface area (Å²) in [5.41, 5.74) is 5.15. The minimum atomic E-state index is -4.50. The minimum absolute atomic E-state index is 0.00893. The summed E-state index contributed by atoms with van der Waals surface area (Å²) < 4.78 is 50.1. The molecule has 0 aromatic heterocycles. The van der Waals surface area contributed by atoms with Crippen LogP contribution in [0.5, 0.6) is 0 Å². The lowest BCUT2D eigenvalue weighted by molar-refractivity contribution is -0.137. The van der Waals surface area contributed by atoms with E-state index in [4.69, 9.17) is 15.0 Å². The first-order chi connectivity index (χ1) is 15.2. The van der Waals surface area contributed by atoms with Gasteiger partial charge in [0, 0.05) is 12.0 Å². The quantitative estimate of drug-likeness (QED) is 0.647. The number of halogens is 3. The van der Waals surface area contributed by atoms with Crippen LogP contribution in [0.4, 0.5) is 13.2 Å². The number of alkyl halides is 3. The average molecular weight is 462 g/mol. The van der Waals surface area contributed by atoms with Crippen molar-refractivity contribution in [2.75, 3.05) is 0 Å². The third-order valence-electron chi connectivity index (χ3n) is 6.07. The van der Waals surface area contributed by atoms with Gasteiger partial charge in [-0.3, -0.25) is 9.59 Å². The number of carbonyl (C=O) groups excluding carboxylic acids is 2. The van der Waals surface area contributed by atoms with Crippen LogP contribution in [0.3, 0.4) is 0 Å². The Morgan fingerprint density at radius 2 is 1.48 bits per heavy atom. The average Bonchev–Trinajstić information content (AvgIpc) is 2.94. The van der Waals surface area contributed by atoms with Crippen molar-refractivity contribution in [3.63, 3.8) is 0 Å². The fourth-order valence-corrected chi connectivity index (χ4v) is 3.30. The Morgan fingerprint density at radius 3 is 1.94 bits per heavy atom. The lowest BCUT2D eigenvalue weighted by atomic mass is 9.78. The Kier molecular flexibility index (Phi) is 6.63. The Hall–Kier alpha value is -2.85. The van der Waals surface area contributed by atoms with E-state index in [1.807, 2.05) is 39.8 Å². The van der Waals surface area contributed by atoms with Crippen LogP contribution in [0.1, 0.15) is 49.2 Å². The predicted molar refractivity (Wildman–Crippen MR) is 118 cm³/mol. The van der Waals surface area contributed by atoms with Crippen molar-refractivity contribution in [1.29, 1.82) is 0 Å². The Bertz CT molecular complexity index is 1010. The largest absolute Gasteiger partial charge is 0.494 e. The maximum Gasteiger partial charge on any atom is 0.494 e. The van der Waals surface area contributed by atoms with Gasteiger partial charge in [0.15, 0.2) is 0 Å². The van der Waals surface area contributed by atoms with E-state index in [-0.39, 0.29) is 12.0 Å². The molecule has 33 heavy (non-hydrogen) atoms. The van der Waals surface area contributed by atoms with E-state index in [1.54, 1.807) is 12.1 Å². The Morgan fingerprint density at radius 1 is 0.970 bits per heavy atom. The van der Waals surface area contributed by atoms with Crippen LogP contribution in [0.25, 0.3) is 0 Å². The SMILES string of the molecule is CC1(C)OB(c2ccc(C[C@H](NC(=O)c3ccc(C(F)(F)F)cc3)C(N)=O)cc2)OC1(C)C. The zero-order valence-corrected chi connectivity index (χ0v) is 18.8. The standard InChI is InChI=1S/C23H26BF3N2O4/c1-21(2)22(3,4)33-24(32-21)17-11-5-14(6-12-17)13-18(19(28)30)29-20(31)15-7-9-16(10-8-15)23(25,26)27/h5-12,18H,13H2,1-4H3,(H2,28,30)(H,29,31)/t18-/m0/s1. The fraction of sp³-hybridized carbons (Fsp3) is 0.391. The van der Waals surface area contributed by atoms with Crippen molar-refractivity contribution in [3.05, 3.63) is 65.2 Å². The minimum Gasteiger partial charge on any atom is -0.399 e. The number of benzene rings is 2.